The maximum Gasteiger partial charge on any atom is 0.142 e. The molecule has 0 heterocycles. The minimum absolute atomic E-state index is 0.588. The molecule has 90 valence electrons. The summed E-state index contributed by atoms with van der Waals surface area (Å²) in [6, 6.07) is 5.75. The Balaban J connectivity index is 2.82. The minimum Gasteiger partial charge on any atom is -0.494 e. The van der Waals surface area contributed by atoms with E-state index >= 15 is 0 Å². The van der Waals surface area contributed by atoms with Gasteiger partial charge < -0.3 is 20.5 Å². The van der Waals surface area contributed by atoms with E-state index in [0.29, 0.717) is 19.8 Å². The number of anilines is 1. The number of benzene rings is 1. The van der Waals surface area contributed by atoms with Gasteiger partial charge in [0.15, 0.2) is 0 Å². The summed E-state index contributed by atoms with van der Waals surface area (Å²) in [6.07, 6.45) is 0. The van der Waals surface area contributed by atoms with Crippen LogP contribution in [0.4, 0.5) is 5.69 Å². The second kappa shape index (κ2) is 6.95. The van der Waals surface area contributed by atoms with E-state index in [0.717, 1.165) is 23.7 Å². The molecule has 0 aliphatic rings. The highest BCUT2D eigenvalue weighted by atomic mass is 16.5. The van der Waals surface area contributed by atoms with E-state index in [-0.39, 0.29) is 0 Å². The van der Waals surface area contributed by atoms with Crippen LogP contribution >= 0.6 is 0 Å². The van der Waals surface area contributed by atoms with Crippen molar-refractivity contribution in [3.8, 4) is 11.5 Å². The van der Waals surface area contributed by atoms with Crippen LogP contribution in [-0.4, -0.2) is 26.3 Å². The summed E-state index contributed by atoms with van der Waals surface area (Å²) in [5, 5.41) is 3.22. The van der Waals surface area contributed by atoms with Crippen LogP contribution in [0.15, 0.2) is 18.2 Å². The maximum absolute atomic E-state index is 5.51. The first-order valence-corrected chi connectivity index (χ1v) is 5.65. The van der Waals surface area contributed by atoms with Crippen LogP contribution in [0.25, 0.3) is 0 Å². The number of ether oxygens (including phenoxy) is 2. The molecular weight excluding hydrogens is 204 g/mol. The fraction of sp³-hybridized carbons (Fsp3) is 0.500. The minimum atomic E-state index is 0.588. The first kappa shape index (κ1) is 12.6. The fourth-order valence-corrected chi connectivity index (χ4v) is 1.39. The lowest BCUT2D eigenvalue weighted by atomic mass is 10.2. The van der Waals surface area contributed by atoms with Gasteiger partial charge in [-0.1, -0.05) is 0 Å². The van der Waals surface area contributed by atoms with Crippen LogP contribution in [0.5, 0.6) is 11.5 Å². The zero-order valence-electron chi connectivity index (χ0n) is 9.95. The van der Waals surface area contributed by atoms with E-state index in [4.69, 9.17) is 15.2 Å². The molecule has 0 spiro atoms. The van der Waals surface area contributed by atoms with Gasteiger partial charge in [0, 0.05) is 19.2 Å². The lowest BCUT2D eigenvalue weighted by molar-refractivity contribution is 0.332. The van der Waals surface area contributed by atoms with Crippen LogP contribution in [0.1, 0.15) is 13.8 Å². The molecular formula is C12H20N2O2. The number of rotatable bonds is 7. The summed E-state index contributed by atoms with van der Waals surface area (Å²) < 4.78 is 10.9. The Labute approximate surface area is 96.7 Å². The van der Waals surface area contributed by atoms with Crippen molar-refractivity contribution in [3.63, 3.8) is 0 Å². The van der Waals surface area contributed by atoms with E-state index in [2.05, 4.69) is 5.32 Å². The van der Waals surface area contributed by atoms with Crippen LogP contribution < -0.4 is 20.5 Å². The topological polar surface area (TPSA) is 56.5 Å². The second-order valence-electron chi connectivity index (χ2n) is 3.24. The first-order chi connectivity index (χ1) is 7.81. The highest BCUT2D eigenvalue weighted by Crippen LogP contribution is 2.29. The van der Waals surface area contributed by atoms with Gasteiger partial charge >= 0.3 is 0 Å². The Morgan fingerprint density at radius 1 is 1.19 bits per heavy atom. The molecule has 0 fully saturated rings. The third-order valence-electron chi connectivity index (χ3n) is 2.02. The van der Waals surface area contributed by atoms with Gasteiger partial charge in [-0.3, -0.25) is 0 Å². The van der Waals surface area contributed by atoms with Gasteiger partial charge in [0.25, 0.3) is 0 Å². The zero-order chi connectivity index (χ0) is 11.8. The van der Waals surface area contributed by atoms with Crippen molar-refractivity contribution in [2.45, 2.75) is 13.8 Å². The third-order valence-corrected chi connectivity index (χ3v) is 2.02. The van der Waals surface area contributed by atoms with Gasteiger partial charge in [0.1, 0.15) is 11.5 Å². The lowest BCUT2D eigenvalue weighted by Crippen LogP contribution is -2.14. The van der Waals surface area contributed by atoms with Gasteiger partial charge in [-0.25, -0.2) is 0 Å². The van der Waals surface area contributed by atoms with Gasteiger partial charge in [0.2, 0.25) is 0 Å². The molecule has 0 unspecified atom stereocenters. The standard InChI is InChI=1S/C12H20N2O2/c1-3-15-10-5-6-12(16-4-2)11(9-10)14-8-7-13/h5-6,9,14H,3-4,7-8,13H2,1-2H3. The average Bonchev–Trinajstić information content (AvgIpc) is 2.30. The molecule has 0 saturated heterocycles. The molecule has 0 aliphatic carbocycles. The first-order valence-electron chi connectivity index (χ1n) is 5.65. The van der Waals surface area contributed by atoms with Gasteiger partial charge in [-0.15, -0.1) is 0 Å². The van der Waals surface area contributed by atoms with E-state index < -0.39 is 0 Å². The van der Waals surface area contributed by atoms with Crippen molar-refractivity contribution in [2.24, 2.45) is 5.73 Å². The number of nitrogens with two attached hydrogens (primary N) is 1. The van der Waals surface area contributed by atoms with Gasteiger partial charge in [0.05, 0.1) is 18.9 Å². The molecule has 16 heavy (non-hydrogen) atoms. The Bertz CT molecular complexity index is 316. The Kier molecular flexibility index (Phi) is 5.50. The van der Waals surface area contributed by atoms with Crippen molar-refractivity contribution in [1.82, 2.24) is 0 Å². The average molecular weight is 224 g/mol. The number of hydrogen-bond donors (Lipinski definition) is 2. The summed E-state index contributed by atoms with van der Waals surface area (Å²) >= 11 is 0. The quantitative estimate of drug-likeness (QED) is 0.742. The Hall–Kier alpha value is -1.42. The molecule has 0 saturated carbocycles. The molecule has 4 heteroatoms. The molecule has 1 aromatic carbocycles. The van der Waals surface area contributed by atoms with Crippen molar-refractivity contribution < 1.29 is 9.47 Å². The molecule has 4 nitrogen and oxygen atoms in total. The van der Waals surface area contributed by atoms with Gasteiger partial charge in [-0.05, 0) is 26.0 Å². The molecule has 1 rings (SSSR count). The van der Waals surface area contributed by atoms with Crippen LogP contribution in [0.2, 0.25) is 0 Å². The predicted molar refractivity (Wildman–Crippen MR) is 66.3 cm³/mol. The Morgan fingerprint density at radius 2 is 1.94 bits per heavy atom. The fourth-order valence-electron chi connectivity index (χ4n) is 1.39. The monoisotopic (exact) mass is 224 g/mol. The molecule has 3 N–H and O–H groups in total. The third kappa shape index (κ3) is 3.62. The number of nitrogens with one attached hydrogen (secondary N) is 1. The van der Waals surface area contributed by atoms with E-state index in [1.165, 1.54) is 0 Å². The summed E-state index contributed by atoms with van der Waals surface area (Å²) in [7, 11) is 0. The maximum atomic E-state index is 5.51. The van der Waals surface area contributed by atoms with Crippen molar-refractivity contribution in [3.05, 3.63) is 18.2 Å². The highest BCUT2D eigenvalue weighted by molar-refractivity contribution is 5.59. The highest BCUT2D eigenvalue weighted by Gasteiger charge is 2.04. The zero-order valence-corrected chi connectivity index (χ0v) is 9.95. The molecule has 0 atom stereocenters. The smallest absolute Gasteiger partial charge is 0.142 e. The summed E-state index contributed by atoms with van der Waals surface area (Å²) in [5.74, 6) is 1.67. The lowest BCUT2D eigenvalue weighted by Gasteiger charge is -2.13. The largest absolute Gasteiger partial charge is 0.494 e. The predicted octanol–water partition coefficient (Wildman–Crippen LogP) is 1.85. The Morgan fingerprint density at radius 3 is 2.56 bits per heavy atom. The van der Waals surface area contributed by atoms with Crippen molar-refractivity contribution >= 4 is 5.69 Å². The molecule has 0 aliphatic heterocycles. The number of hydrogen-bond acceptors (Lipinski definition) is 4. The van der Waals surface area contributed by atoms with E-state index in [1.807, 2.05) is 32.0 Å². The van der Waals surface area contributed by atoms with Crippen LogP contribution in [0, 0.1) is 0 Å². The van der Waals surface area contributed by atoms with Crippen molar-refractivity contribution in [2.75, 3.05) is 31.6 Å². The molecule has 0 aromatic heterocycles. The van der Waals surface area contributed by atoms with Crippen LogP contribution in [0.3, 0.4) is 0 Å². The summed E-state index contributed by atoms with van der Waals surface area (Å²) in [4.78, 5) is 0. The molecule has 0 amide bonds. The molecule has 0 bridgehead atoms. The van der Waals surface area contributed by atoms with Crippen LogP contribution in [-0.2, 0) is 0 Å². The summed E-state index contributed by atoms with van der Waals surface area (Å²) in [6.45, 7) is 6.53. The van der Waals surface area contributed by atoms with Gasteiger partial charge in [-0.2, -0.15) is 0 Å². The normalized spacial score (nSPS) is 9.94. The second-order valence-corrected chi connectivity index (χ2v) is 3.24. The van der Waals surface area contributed by atoms with E-state index in [9.17, 15) is 0 Å². The molecule has 0 radical (unpaired) electrons. The summed E-state index contributed by atoms with van der Waals surface area (Å²) in [5.41, 5.74) is 6.39. The van der Waals surface area contributed by atoms with Crippen molar-refractivity contribution in [1.29, 1.82) is 0 Å². The van der Waals surface area contributed by atoms with E-state index in [1.54, 1.807) is 0 Å². The SMILES string of the molecule is CCOc1ccc(OCC)c(NCCN)c1. The molecule has 1 aromatic rings.